The van der Waals surface area contributed by atoms with Gasteiger partial charge in [0.15, 0.2) is 0 Å². The zero-order valence-electron chi connectivity index (χ0n) is 13.6. The number of aliphatic imine (C=N–C) groups is 1. The van der Waals surface area contributed by atoms with Crippen LogP contribution in [-0.4, -0.2) is 28.8 Å². The van der Waals surface area contributed by atoms with Crippen molar-refractivity contribution < 1.29 is 16.8 Å². The first kappa shape index (κ1) is 17.4. The summed E-state index contributed by atoms with van der Waals surface area (Å²) in [6, 6.07) is 11.7. The van der Waals surface area contributed by atoms with Crippen molar-refractivity contribution in [1.82, 2.24) is 4.72 Å². The molecule has 2 aromatic rings. The summed E-state index contributed by atoms with van der Waals surface area (Å²) in [5, 5.41) is 2.84. The molecule has 0 aliphatic carbocycles. The van der Waals surface area contributed by atoms with Gasteiger partial charge in [-0.25, -0.2) is 26.6 Å². The van der Waals surface area contributed by atoms with Gasteiger partial charge in [0.2, 0.25) is 15.8 Å². The fourth-order valence-corrected chi connectivity index (χ4v) is 4.82. The summed E-state index contributed by atoms with van der Waals surface area (Å²) in [4.78, 5) is 4.27. The average molecular weight is 379 g/mol. The van der Waals surface area contributed by atoms with E-state index in [0.717, 1.165) is 0 Å². The standard InChI is InChI=1S/C16H17N3O4S2/c1-11(2)17-16-18-14-10-13(8-9-15(14)25(22,23)19-16)24(20,21)12-6-4-3-5-7-12/h3-11H,1-2H3,(H2,17,18,19). The van der Waals surface area contributed by atoms with Crippen molar-refractivity contribution in [1.29, 1.82) is 0 Å². The first-order valence-corrected chi connectivity index (χ1v) is 10.5. The molecule has 25 heavy (non-hydrogen) atoms. The van der Waals surface area contributed by atoms with Crippen molar-refractivity contribution in [2.45, 2.75) is 34.6 Å². The van der Waals surface area contributed by atoms with E-state index in [0.29, 0.717) is 0 Å². The van der Waals surface area contributed by atoms with E-state index < -0.39 is 19.9 Å². The van der Waals surface area contributed by atoms with Gasteiger partial charge in [0, 0.05) is 6.04 Å². The number of nitrogens with one attached hydrogen (secondary N) is 2. The van der Waals surface area contributed by atoms with Crippen LogP contribution in [0.2, 0.25) is 0 Å². The number of hydrogen-bond acceptors (Lipinski definition) is 5. The highest BCUT2D eigenvalue weighted by Gasteiger charge is 2.29. The molecule has 0 radical (unpaired) electrons. The van der Waals surface area contributed by atoms with E-state index in [1.54, 1.807) is 32.0 Å². The van der Waals surface area contributed by atoms with E-state index in [1.165, 1.54) is 30.3 Å². The van der Waals surface area contributed by atoms with Gasteiger partial charge in [-0.2, -0.15) is 0 Å². The number of fused-ring (bicyclic) bond motifs is 1. The molecule has 1 aliphatic rings. The minimum atomic E-state index is -3.80. The van der Waals surface area contributed by atoms with Crippen molar-refractivity contribution >= 4 is 31.5 Å². The second-order valence-electron chi connectivity index (χ2n) is 5.78. The number of sulfone groups is 1. The van der Waals surface area contributed by atoms with Crippen LogP contribution in [0.4, 0.5) is 5.69 Å². The number of hydrogen-bond donors (Lipinski definition) is 2. The Morgan fingerprint density at radius 1 is 1.00 bits per heavy atom. The molecule has 1 aliphatic heterocycles. The second kappa shape index (κ2) is 6.16. The molecule has 3 rings (SSSR count). The Balaban J connectivity index is 2.12. The largest absolute Gasteiger partial charge is 0.324 e. The normalized spacial score (nSPS) is 17.6. The lowest BCUT2D eigenvalue weighted by Gasteiger charge is -2.22. The highest BCUT2D eigenvalue weighted by molar-refractivity contribution is 7.91. The van der Waals surface area contributed by atoms with Gasteiger partial charge < -0.3 is 5.32 Å². The Kier molecular flexibility index (Phi) is 4.29. The van der Waals surface area contributed by atoms with Crippen LogP contribution >= 0.6 is 0 Å². The highest BCUT2D eigenvalue weighted by atomic mass is 32.2. The first-order valence-electron chi connectivity index (χ1n) is 7.52. The summed E-state index contributed by atoms with van der Waals surface area (Å²) in [5.74, 6) is 0.0664. The highest BCUT2D eigenvalue weighted by Crippen LogP contribution is 2.30. The Morgan fingerprint density at radius 3 is 2.32 bits per heavy atom. The molecule has 0 aromatic heterocycles. The van der Waals surface area contributed by atoms with Gasteiger partial charge in [0.05, 0.1) is 15.5 Å². The third-order valence-electron chi connectivity index (χ3n) is 3.48. The van der Waals surface area contributed by atoms with Crippen LogP contribution in [0.3, 0.4) is 0 Å². The van der Waals surface area contributed by atoms with Crippen molar-refractivity contribution in [3.8, 4) is 0 Å². The van der Waals surface area contributed by atoms with E-state index in [4.69, 9.17) is 0 Å². The molecule has 1 heterocycles. The number of anilines is 1. The zero-order chi connectivity index (χ0) is 18.2. The predicted octanol–water partition coefficient (Wildman–Crippen LogP) is 1.99. The SMILES string of the molecule is CC(C)N=C1Nc2cc(S(=O)(=O)c3ccccc3)ccc2S(=O)(=O)N1. The molecule has 0 saturated heterocycles. The minimum absolute atomic E-state index is 0.00551. The third-order valence-corrected chi connectivity index (χ3v) is 6.64. The fourth-order valence-electron chi connectivity index (χ4n) is 2.40. The lowest BCUT2D eigenvalue weighted by molar-refractivity contribution is 0.589. The summed E-state index contributed by atoms with van der Waals surface area (Å²) in [5.41, 5.74) is 0.176. The quantitative estimate of drug-likeness (QED) is 0.848. The molecule has 0 bridgehead atoms. The second-order valence-corrected chi connectivity index (χ2v) is 9.38. The number of nitrogens with zero attached hydrogens (tertiary/aromatic N) is 1. The van der Waals surface area contributed by atoms with Crippen molar-refractivity contribution in [2.75, 3.05) is 5.32 Å². The van der Waals surface area contributed by atoms with Crippen molar-refractivity contribution in [2.24, 2.45) is 4.99 Å². The van der Waals surface area contributed by atoms with Crippen LogP contribution in [0.25, 0.3) is 0 Å². The molecule has 0 unspecified atom stereocenters. The maximum absolute atomic E-state index is 12.7. The van der Waals surface area contributed by atoms with E-state index in [2.05, 4.69) is 15.0 Å². The van der Waals surface area contributed by atoms with E-state index in [9.17, 15) is 16.8 Å². The van der Waals surface area contributed by atoms with Crippen molar-refractivity contribution in [3.05, 3.63) is 48.5 Å². The molecule has 0 fully saturated rings. The van der Waals surface area contributed by atoms with Crippen LogP contribution in [0.1, 0.15) is 13.8 Å². The van der Waals surface area contributed by atoms with Crippen molar-refractivity contribution in [3.63, 3.8) is 0 Å². The van der Waals surface area contributed by atoms with Gasteiger partial charge in [-0.1, -0.05) is 18.2 Å². The Bertz CT molecular complexity index is 1040. The van der Waals surface area contributed by atoms with Gasteiger partial charge in [-0.15, -0.1) is 0 Å². The number of rotatable bonds is 3. The Morgan fingerprint density at radius 2 is 1.68 bits per heavy atom. The molecular formula is C16H17N3O4S2. The van der Waals surface area contributed by atoms with Crippen LogP contribution in [0.15, 0.2) is 68.2 Å². The number of sulfonamides is 1. The molecule has 0 amide bonds. The van der Waals surface area contributed by atoms with Crippen LogP contribution in [0, 0.1) is 0 Å². The summed E-state index contributed by atoms with van der Waals surface area (Å²) < 4.78 is 52.4. The Hall–Kier alpha value is -2.39. The fraction of sp³-hybridized carbons (Fsp3) is 0.188. The molecule has 0 saturated carbocycles. The number of guanidine groups is 1. The molecule has 132 valence electrons. The van der Waals surface area contributed by atoms with E-state index in [-0.39, 0.29) is 32.4 Å². The summed E-state index contributed by atoms with van der Waals surface area (Å²) in [7, 11) is -7.55. The topological polar surface area (TPSA) is 105 Å². The van der Waals surface area contributed by atoms with Crippen LogP contribution < -0.4 is 10.0 Å². The smallest absolute Gasteiger partial charge is 0.266 e. The minimum Gasteiger partial charge on any atom is -0.324 e. The molecule has 0 spiro atoms. The molecule has 7 nitrogen and oxygen atoms in total. The van der Waals surface area contributed by atoms with E-state index in [1.807, 2.05) is 0 Å². The van der Waals surface area contributed by atoms with E-state index >= 15 is 0 Å². The maximum atomic E-state index is 12.7. The van der Waals surface area contributed by atoms with Gasteiger partial charge in [-0.05, 0) is 44.2 Å². The first-order chi connectivity index (χ1) is 11.7. The molecular weight excluding hydrogens is 362 g/mol. The van der Waals surface area contributed by atoms with Gasteiger partial charge in [-0.3, -0.25) is 0 Å². The number of benzene rings is 2. The summed E-state index contributed by atoms with van der Waals surface area (Å²) in [6.45, 7) is 3.60. The van der Waals surface area contributed by atoms with Gasteiger partial charge in [0.25, 0.3) is 10.0 Å². The molecule has 2 N–H and O–H groups in total. The lowest BCUT2D eigenvalue weighted by Crippen LogP contribution is -2.41. The monoisotopic (exact) mass is 379 g/mol. The predicted molar refractivity (Wildman–Crippen MR) is 94.9 cm³/mol. The molecule has 9 heteroatoms. The molecule has 0 atom stereocenters. The average Bonchev–Trinajstić information content (AvgIpc) is 2.54. The third kappa shape index (κ3) is 3.38. The van der Waals surface area contributed by atoms with Gasteiger partial charge in [0.1, 0.15) is 4.90 Å². The maximum Gasteiger partial charge on any atom is 0.266 e. The van der Waals surface area contributed by atoms with Crippen LogP contribution in [0.5, 0.6) is 0 Å². The summed E-state index contributed by atoms with van der Waals surface area (Å²) in [6.07, 6.45) is 0. The van der Waals surface area contributed by atoms with Crippen LogP contribution in [-0.2, 0) is 19.9 Å². The lowest BCUT2D eigenvalue weighted by atomic mass is 10.3. The molecule has 2 aromatic carbocycles. The zero-order valence-corrected chi connectivity index (χ0v) is 15.2. The Labute approximate surface area is 146 Å². The van der Waals surface area contributed by atoms with Gasteiger partial charge >= 0.3 is 0 Å². The summed E-state index contributed by atoms with van der Waals surface area (Å²) >= 11 is 0.